The van der Waals surface area contributed by atoms with Gasteiger partial charge in [-0.3, -0.25) is 4.79 Å². The van der Waals surface area contributed by atoms with Gasteiger partial charge in [-0.2, -0.15) is 0 Å². The smallest absolute Gasteiger partial charge is 0.240 e. The number of likely N-dealkylation sites (N-methyl/N-ethyl adjacent to an activating group) is 1. The number of carbonyl (C=O) groups excluding carboxylic acids is 1. The van der Waals surface area contributed by atoms with Gasteiger partial charge in [-0.1, -0.05) is 30.0 Å². The van der Waals surface area contributed by atoms with Gasteiger partial charge >= 0.3 is 0 Å². The van der Waals surface area contributed by atoms with E-state index in [0.717, 1.165) is 31.7 Å². The monoisotopic (exact) mass is 489 g/mol. The van der Waals surface area contributed by atoms with Crippen LogP contribution in [0.2, 0.25) is 0 Å². The number of aromatic nitrogens is 2. The number of nitrogens with zero attached hydrogens (tertiary/aromatic N) is 4. The fourth-order valence-corrected chi connectivity index (χ4v) is 6.72. The lowest BCUT2D eigenvalue weighted by molar-refractivity contribution is 0.101. The third-order valence-electron chi connectivity index (χ3n) is 5.19. The number of ketones is 1. The molecule has 0 bridgehead atoms. The Morgan fingerprint density at radius 3 is 2.59 bits per heavy atom. The lowest BCUT2D eigenvalue weighted by atomic mass is 10.1. The maximum absolute atomic E-state index is 12.0. The van der Waals surface area contributed by atoms with E-state index in [1.54, 1.807) is 23.7 Å². The Bertz CT molecular complexity index is 1250. The zero-order valence-corrected chi connectivity index (χ0v) is 20.1. The number of carbonyl (C=O) groups is 1. The molecule has 1 aliphatic heterocycles. The Morgan fingerprint density at radius 2 is 1.91 bits per heavy atom. The summed E-state index contributed by atoms with van der Waals surface area (Å²) in [5, 5.41) is 8.64. The van der Waals surface area contributed by atoms with Gasteiger partial charge < -0.3 is 9.80 Å². The van der Waals surface area contributed by atoms with E-state index in [1.165, 1.54) is 35.4 Å². The first kappa shape index (κ1) is 22.9. The summed E-state index contributed by atoms with van der Waals surface area (Å²) < 4.78 is 23.9. The highest BCUT2D eigenvalue weighted by Gasteiger charge is 2.22. The van der Waals surface area contributed by atoms with Gasteiger partial charge in [-0.05, 0) is 20.0 Å². The highest BCUT2D eigenvalue weighted by Crippen LogP contribution is 2.39. The van der Waals surface area contributed by atoms with Crippen molar-refractivity contribution in [2.45, 2.75) is 21.6 Å². The summed E-state index contributed by atoms with van der Waals surface area (Å²) in [5.74, 6) is 0.575. The predicted octanol–water partition coefficient (Wildman–Crippen LogP) is 2.96. The average molecular weight is 490 g/mol. The largest absolute Gasteiger partial charge is 0.338 e. The molecule has 0 atom stereocenters. The summed E-state index contributed by atoms with van der Waals surface area (Å²) in [6.07, 6.45) is 1.71. The first-order valence-corrected chi connectivity index (χ1v) is 13.2. The van der Waals surface area contributed by atoms with E-state index in [9.17, 15) is 13.2 Å². The number of rotatable bonds is 6. The minimum absolute atomic E-state index is 0.0382. The number of primary sulfonamides is 1. The van der Waals surface area contributed by atoms with Crippen molar-refractivity contribution in [3.8, 4) is 11.3 Å². The number of anilines is 1. The molecule has 0 amide bonds. The number of sulfonamides is 1. The first-order chi connectivity index (χ1) is 15.2. The zero-order valence-electron chi connectivity index (χ0n) is 17.7. The summed E-state index contributed by atoms with van der Waals surface area (Å²) in [6.45, 7) is 4.99. The molecule has 1 fully saturated rings. The van der Waals surface area contributed by atoms with Crippen LogP contribution in [0.25, 0.3) is 11.3 Å². The molecule has 2 N–H and O–H groups in total. The molecule has 8 nitrogen and oxygen atoms in total. The summed E-state index contributed by atoms with van der Waals surface area (Å²) in [4.78, 5) is 27.0. The summed E-state index contributed by atoms with van der Waals surface area (Å²) in [5.41, 5.74) is 2.00. The Morgan fingerprint density at radius 1 is 1.16 bits per heavy atom. The van der Waals surface area contributed by atoms with Gasteiger partial charge in [0.2, 0.25) is 16.0 Å². The lowest BCUT2D eigenvalue weighted by Crippen LogP contribution is -2.45. The van der Waals surface area contributed by atoms with Crippen LogP contribution in [0.15, 0.2) is 55.9 Å². The quantitative estimate of drug-likeness (QED) is 0.527. The third-order valence-corrected chi connectivity index (χ3v) is 8.39. The number of thiophene rings is 1. The molecule has 11 heteroatoms. The van der Waals surface area contributed by atoms with Crippen LogP contribution in [-0.2, 0) is 10.0 Å². The molecule has 3 heterocycles. The molecule has 0 aliphatic carbocycles. The summed E-state index contributed by atoms with van der Waals surface area (Å²) in [6, 6.07) is 7.27. The van der Waals surface area contributed by atoms with Gasteiger partial charge in [-0.25, -0.2) is 23.5 Å². The maximum atomic E-state index is 12.0. The Labute approximate surface area is 195 Å². The molecular formula is C21H23N5O3S3. The van der Waals surface area contributed by atoms with E-state index in [2.05, 4.69) is 21.8 Å². The average Bonchev–Trinajstić information content (AvgIpc) is 3.23. The molecule has 2 aromatic heterocycles. The molecule has 0 saturated carbocycles. The molecule has 3 aromatic rings. The van der Waals surface area contributed by atoms with Gasteiger partial charge in [0.05, 0.1) is 10.6 Å². The fraction of sp³-hybridized carbons (Fsp3) is 0.286. The molecular weight excluding hydrogens is 466 g/mol. The number of benzene rings is 1. The van der Waals surface area contributed by atoms with E-state index >= 15 is 0 Å². The molecule has 32 heavy (non-hydrogen) atoms. The van der Waals surface area contributed by atoms with Crippen LogP contribution in [0.1, 0.15) is 17.3 Å². The van der Waals surface area contributed by atoms with Gasteiger partial charge in [0.25, 0.3) is 0 Å². The molecule has 1 aliphatic rings. The van der Waals surface area contributed by atoms with Crippen molar-refractivity contribution in [1.82, 2.24) is 14.9 Å². The van der Waals surface area contributed by atoms with Gasteiger partial charge in [-0.15, -0.1) is 11.3 Å². The van der Waals surface area contributed by atoms with Crippen molar-refractivity contribution < 1.29 is 13.2 Å². The van der Waals surface area contributed by atoms with Crippen LogP contribution in [-0.4, -0.2) is 62.3 Å². The van der Waals surface area contributed by atoms with E-state index in [1.807, 2.05) is 12.1 Å². The van der Waals surface area contributed by atoms with Crippen LogP contribution in [0.4, 0.5) is 5.95 Å². The van der Waals surface area contributed by atoms with Gasteiger partial charge in [0.1, 0.15) is 4.90 Å². The number of piperazine rings is 1. The Kier molecular flexibility index (Phi) is 6.63. The normalized spacial score (nSPS) is 15.2. The van der Waals surface area contributed by atoms with Crippen molar-refractivity contribution in [1.29, 1.82) is 0 Å². The summed E-state index contributed by atoms with van der Waals surface area (Å²) in [7, 11) is -1.76. The topological polar surface area (TPSA) is 109 Å². The number of nitrogens with two attached hydrogens (primary N) is 1. The van der Waals surface area contributed by atoms with Crippen LogP contribution in [0, 0.1) is 0 Å². The van der Waals surface area contributed by atoms with Crippen molar-refractivity contribution in [2.24, 2.45) is 5.14 Å². The van der Waals surface area contributed by atoms with E-state index in [4.69, 9.17) is 10.1 Å². The fourth-order valence-electron chi connectivity index (χ4n) is 3.36. The molecule has 0 radical (unpaired) electrons. The van der Waals surface area contributed by atoms with Crippen molar-refractivity contribution in [3.05, 3.63) is 46.8 Å². The predicted molar refractivity (Wildman–Crippen MR) is 127 cm³/mol. The number of hydrogen-bond acceptors (Lipinski definition) is 9. The minimum Gasteiger partial charge on any atom is -0.338 e. The minimum atomic E-state index is -3.84. The second-order valence-corrected chi connectivity index (χ2v) is 10.9. The standard InChI is InChI=1S/C21H23N5O3S3/c1-14(27)15-4-3-5-16(10-15)20-17(31-18-12-30-13-19(18)32(22,28)29)11-23-21(24-20)26-8-6-25(2)7-9-26/h3-5,10-13H,6-9H2,1-2H3,(H2,22,28,29). The van der Waals surface area contributed by atoms with Crippen LogP contribution in [0.5, 0.6) is 0 Å². The second kappa shape index (κ2) is 9.28. The van der Waals surface area contributed by atoms with Gasteiger partial charge in [0.15, 0.2) is 5.78 Å². The van der Waals surface area contributed by atoms with Crippen molar-refractivity contribution >= 4 is 44.9 Å². The highest BCUT2D eigenvalue weighted by atomic mass is 32.2. The van der Waals surface area contributed by atoms with Crippen LogP contribution in [0.3, 0.4) is 0 Å². The second-order valence-electron chi connectivity index (χ2n) is 7.56. The van der Waals surface area contributed by atoms with Crippen molar-refractivity contribution in [3.63, 3.8) is 0 Å². The third kappa shape index (κ3) is 5.02. The Hall–Kier alpha value is -2.31. The molecule has 168 valence electrons. The summed E-state index contributed by atoms with van der Waals surface area (Å²) >= 11 is 2.52. The number of Topliss-reactive ketones (excluding diaryl/α,β-unsaturated/α-hetero) is 1. The van der Waals surface area contributed by atoms with E-state index < -0.39 is 10.0 Å². The van der Waals surface area contributed by atoms with Crippen LogP contribution >= 0.6 is 23.1 Å². The maximum Gasteiger partial charge on any atom is 0.240 e. The first-order valence-electron chi connectivity index (χ1n) is 9.91. The highest BCUT2D eigenvalue weighted by molar-refractivity contribution is 8.00. The van der Waals surface area contributed by atoms with Gasteiger partial charge in [0, 0.05) is 59.2 Å². The molecule has 1 aromatic carbocycles. The molecule has 0 spiro atoms. The molecule has 1 saturated heterocycles. The SMILES string of the molecule is CC(=O)c1cccc(-c2nc(N3CCN(C)CC3)ncc2Sc2cscc2S(N)(=O)=O)c1. The molecule has 0 unspecified atom stereocenters. The lowest BCUT2D eigenvalue weighted by Gasteiger charge is -2.32. The van der Waals surface area contributed by atoms with E-state index in [-0.39, 0.29) is 10.7 Å². The van der Waals surface area contributed by atoms with Crippen LogP contribution < -0.4 is 10.0 Å². The zero-order chi connectivity index (χ0) is 22.9. The Balaban J connectivity index is 1.78. The number of hydrogen-bond donors (Lipinski definition) is 1. The molecule has 4 rings (SSSR count). The van der Waals surface area contributed by atoms with Crippen molar-refractivity contribution in [2.75, 3.05) is 38.1 Å². The van der Waals surface area contributed by atoms with E-state index in [0.29, 0.717) is 27.0 Å².